The average molecular weight is 550 g/mol. The van der Waals surface area contributed by atoms with Gasteiger partial charge in [-0.05, 0) is 42.5 Å². The summed E-state index contributed by atoms with van der Waals surface area (Å²) < 4.78 is 26.9. The number of rotatable bonds is 12. The Morgan fingerprint density at radius 3 is 2.13 bits per heavy atom. The minimum atomic E-state index is -3.79. The second-order valence-corrected chi connectivity index (χ2v) is 12.3. The zero-order valence-corrected chi connectivity index (χ0v) is 24.2. The molecule has 0 bridgehead atoms. The van der Waals surface area contributed by atoms with E-state index in [1.54, 1.807) is 25.1 Å². The molecule has 3 aromatic carbocycles. The van der Waals surface area contributed by atoms with Crippen LogP contribution in [0.1, 0.15) is 36.1 Å². The summed E-state index contributed by atoms with van der Waals surface area (Å²) in [6.45, 7) is 8.00. The number of anilines is 1. The molecule has 0 heterocycles. The van der Waals surface area contributed by atoms with Crippen molar-refractivity contribution in [3.05, 3.63) is 101 Å². The number of benzene rings is 3. The van der Waals surface area contributed by atoms with Crippen LogP contribution in [0.2, 0.25) is 0 Å². The molecule has 1 atom stereocenters. The summed E-state index contributed by atoms with van der Waals surface area (Å²) in [5.41, 5.74) is 3.97. The Bertz CT molecular complexity index is 1370. The quantitative estimate of drug-likeness (QED) is 0.361. The molecular formula is C31H39N3O4S. The average Bonchev–Trinajstić information content (AvgIpc) is 2.88. The fraction of sp³-hybridized carbons (Fsp3) is 0.355. The van der Waals surface area contributed by atoms with Crippen LogP contribution in [0.25, 0.3) is 0 Å². The van der Waals surface area contributed by atoms with Gasteiger partial charge >= 0.3 is 0 Å². The van der Waals surface area contributed by atoms with Crippen LogP contribution >= 0.6 is 0 Å². The van der Waals surface area contributed by atoms with Gasteiger partial charge in [-0.2, -0.15) is 0 Å². The summed E-state index contributed by atoms with van der Waals surface area (Å²) in [7, 11) is -3.79. The van der Waals surface area contributed by atoms with Crippen LogP contribution in [0.3, 0.4) is 0 Å². The Balaban J connectivity index is 2.05. The molecule has 1 N–H and O–H groups in total. The van der Waals surface area contributed by atoms with Gasteiger partial charge in [0.15, 0.2) is 0 Å². The first-order chi connectivity index (χ1) is 18.5. The van der Waals surface area contributed by atoms with E-state index in [9.17, 15) is 18.0 Å². The monoisotopic (exact) mass is 549 g/mol. The SMILES string of the molecule is Cc1cccc(CN(C(=O)CN(c2ccccc2C)S(C)(=O)=O)C(Cc2ccccc2)C(=O)NCC(C)C)c1. The van der Waals surface area contributed by atoms with Crippen molar-refractivity contribution >= 4 is 27.5 Å². The van der Waals surface area contributed by atoms with E-state index in [4.69, 9.17) is 0 Å². The predicted octanol–water partition coefficient (Wildman–Crippen LogP) is 4.48. The molecule has 0 aliphatic rings. The van der Waals surface area contributed by atoms with Gasteiger partial charge in [-0.3, -0.25) is 13.9 Å². The zero-order chi connectivity index (χ0) is 28.6. The van der Waals surface area contributed by atoms with Crippen molar-refractivity contribution in [1.82, 2.24) is 10.2 Å². The summed E-state index contributed by atoms with van der Waals surface area (Å²) >= 11 is 0. The molecule has 39 heavy (non-hydrogen) atoms. The van der Waals surface area contributed by atoms with Crippen molar-refractivity contribution in [1.29, 1.82) is 0 Å². The highest BCUT2D eigenvalue weighted by Crippen LogP contribution is 2.23. The van der Waals surface area contributed by atoms with E-state index in [2.05, 4.69) is 5.32 Å². The van der Waals surface area contributed by atoms with Gasteiger partial charge in [0.25, 0.3) is 0 Å². The van der Waals surface area contributed by atoms with Gasteiger partial charge in [0.05, 0.1) is 11.9 Å². The first-order valence-electron chi connectivity index (χ1n) is 13.2. The molecule has 0 fully saturated rings. The predicted molar refractivity (Wildman–Crippen MR) is 157 cm³/mol. The van der Waals surface area contributed by atoms with Gasteiger partial charge in [-0.1, -0.05) is 92.2 Å². The molecule has 0 aromatic heterocycles. The van der Waals surface area contributed by atoms with Gasteiger partial charge in [0.2, 0.25) is 21.8 Å². The van der Waals surface area contributed by atoms with E-state index in [0.717, 1.165) is 32.8 Å². The highest BCUT2D eigenvalue weighted by Gasteiger charge is 2.33. The molecule has 208 valence electrons. The van der Waals surface area contributed by atoms with E-state index in [1.165, 1.54) is 4.90 Å². The lowest BCUT2D eigenvalue weighted by Gasteiger charge is -2.34. The van der Waals surface area contributed by atoms with E-state index in [1.807, 2.05) is 81.4 Å². The summed E-state index contributed by atoms with van der Waals surface area (Å²) in [5.74, 6) is -0.491. The highest BCUT2D eigenvalue weighted by atomic mass is 32.2. The molecule has 2 amide bonds. The minimum Gasteiger partial charge on any atom is -0.354 e. The first kappa shape index (κ1) is 29.9. The minimum absolute atomic E-state index is 0.165. The first-order valence-corrected chi connectivity index (χ1v) is 15.0. The second kappa shape index (κ2) is 13.4. The topological polar surface area (TPSA) is 86.8 Å². The van der Waals surface area contributed by atoms with Crippen LogP contribution in [0, 0.1) is 19.8 Å². The molecule has 0 radical (unpaired) electrons. The van der Waals surface area contributed by atoms with Crippen LogP contribution in [0.4, 0.5) is 5.69 Å². The van der Waals surface area contributed by atoms with E-state index in [-0.39, 0.29) is 18.4 Å². The number of hydrogen-bond donors (Lipinski definition) is 1. The normalized spacial score (nSPS) is 12.2. The molecule has 1 unspecified atom stereocenters. The molecule has 8 heteroatoms. The maximum Gasteiger partial charge on any atom is 0.244 e. The summed E-state index contributed by atoms with van der Waals surface area (Å²) in [6, 6.07) is 23.5. The number of amides is 2. The van der Waals surface area contributed by atoms with Gasteiger partial charge in [-0.25, -0.2) is 8.42 Å². The largest absolute Gasteiger partial charge is 0.354 e. The molecule has 0 saturated heterocycles. The van der Waals surface area contributed by atoms with Crippen molar-refractivity contribution in [2.45, 2.75) is 46.7 Å². The molecule has 3 rings (SSSR count). The number of nitrogens with zero attached hydrogens (tertiary/aromatic N) is 2. The van der Waals surface area contributed by atoms with Crippen LogP contribution in [-0.4, -0.2) is 50.5 Å². The lowest BCUT2D eigenvalue weighted by Crippen LogP contribution is -2.53. The van der Waals surface area contributed by atoms with Crippen molar-refractivity contribution in [3.63, 3.8) is 0 Å². The summed E-state index contributed by atoms with van der Waals surface area (Å²) in [6.07, 6.45) is 1.39. The molecule has 0 aliphatic carbocycles. The van der Waals surface area contributed by atoms with Gasteiger partial charge < -0.3 is 10.2 Å². The van der Waals surface area contributed by atoms with Crippen molar-refractivity contribution in [3.8, 4) is 0 Å². The van der Waals surface area contributed by atoms with Crippen LogP contribution in [0.5, 0.6) is 0 Å². The number of sulfonamides is 1. The third-order valence-electron chi connectivity index (χ3n) is 6.45. The fourth-order valence-electron chi connectivity index (χ4n) is 4.42. The molecule has 0 aliphatic heterocycles. The number of para-hydroxylation sites is 1. The Hall–Kier alpha value is -3.65. The van der Waals surface area contributed by atoms with Gasteiger partial charge in [0, 0.05) is 19.5 Å². The second-order valence-electron chi connectivity index (χ2n) is 10.4. The summed E-state index contributed by atoms with van der Waals surface area (Å²) in [4.78, 5) is 29.2. The standard InChI is InChI=1S/C31H39N3O4S/c1-23(2)20-32-31(36)29(19-26-14-7-6-8-15-26)33(21-27-16-11-12-24(3)18-27)30(35)22-34(39(5,37)38)28-17-10-9-13-25(28)4/h6-18,23,29H,19-22H2,1-5H3,(H,32,36). The van der Waals surface area contributed by atoms with Crippen LogP contribution in [-0.2, 0) is 32.6 Å². The van der Waals surface area contributed by atoms with Crippen LogP contribution in [0.15, 0.2) is 78.9 Å². The van der Waals surface area contributed by atoms with E-state index < -0.39 is 28.5 Å². The molecule has 7 nitrogen and oxygen atoms in total. The van der Waals surface area contributed by atoms with E-state index in [0.29, 0.717) is 18.7 Å². The van der Waals surface area contributed by atoms with Crippen molar-refractivity contribution in [2.75, 3.05) is 23.7 Å². The molecular weight excluding hydrogens is 510 g/mol. The Kier molecular flexibility index (Phi) is 10.3. The lowest BCUT2D eigenvalue weighted by atomic mass is 10.0. The van der Waals surface area contributed by atoms with Gasteiger partial charge in [-0.15, -0.1) is 0 Å². The number of aryl methyl sites for hydroxylation is 2. The lowest BCUT2D eigenvalue weighted by molar-refractivity contribution is -0.140. The maximum atomic E-state index is 14.1. The van der Waals surface area contributed by atoms with Crippen molar-refractivity contribution in [2.24, 2.45) is 5.92 Å². The Labute approximate surface area is 232 Å². The molecule has 3 aromatic rings. The third kappa shape index (κ3) is 8.68. The molecule has 0 spiro atoms. The third-order valence-corrected chi connectivity index (χ3v) is 7.58. The molecule has 0 saturated carbocycles. The van der Waals surface area contributed by atoms with E-state index >= 15 is 0 Å². The smallest absolute Gasteiger partial charge is 0.244 e. The fourth-order valence-corrected chi connectivity index (χ4v) is 5.33. The number of carbonyl (C=O) groups is 2. The van der Waals surface area contributed by atoms with Gasteiger partial charge in [0.1, 0.15) is 12.6 Å². The maximum absolute atomic E-state index is 14.1. The number of hydrogen-bond acceptors (Lipinski definition) is 4. The zero-order valence-electron chi connectivity index (χ0n) is 23.4. The Morgan fingerprint density at radius 1 is 0.872 bits per heavy atom. The Morgan fingerprint density at radius 2 is 1.51 bits per heavy atom. The number of carbonyl (C=O) groups excluding carboxylic acids is 2. The summed E-state index contributed by atoms with van der Waals surface area (Å²) in [5, 5.41) is 2.99. The number of nitrogens with one attached hydrogen (secondary N) is 1. The van der Waals surface area contributed by atoms with Crippen LogP contribution < -0.4 is 9.62 Å². The highest BCUT2D eigenvalue weighted by molar-refractivity contribution is 7.92. The van der Waals surface area contributed by atoms with Crippen molar-refractivity contribution < 1.29 is 18.0 Å².